The standard InChI is InChI=1S/C14H15FN2O/c1-9(2)7-13-16-12(14(18)17-13)8-10-3-5-11(15)6-4-10/h3-6,8-9H,7H2,1-2H3,(H,16,17,18)/b12-8+. The summed E-state index contributed by atoms with van der Waals surface area (Å²) in [7, 11) is 0. The topological polar surface area (TPSA) is 41.5 Å². The number of amidine groups is 1. The monoisotopic (exact) mass is 246 g/mol. The molecular weight excluding hydrogens is 231 g/mol. The number of nitrogens with one attached hydrogen (secondary N) is 1. The zero-order valence-electron chi connectivity index (χ0n) is 10.4. The van der Waals surface area contributed by atoms with E-state index in [4.69, 9.17) is 0 Å². The number of nitrogens with zero attached hydrogens (tertiary/aromatic N) is 1. The Morgan fingerprint density at radius 2 is 2.00 bits per heavy atom. The summed E-state index contributed by atoms with van der Waals surface area (Å²) in [6, 6.07) is 5.95. The van der Waals surface area contributed by atoms with Crippen molar-refractivity contribution in [3.05, 3.63) is 41.3 Å². The number of amides is 1. The van der Waals surface area contributed by atoms with Crippen LogP contribution in [-0.4, -0.2) is 11.7 Å². The first-order valence-electron chi connectivity index (χ1n) is 5.91. The van der Waals surface area contributed by atoms with Crippen LogP contribution < -0.4 is 5.32 Å². The van der Waals surface area contributed by atoms with Crippen LogP contribution in [0.2, 0.25) is 0 Å². The van der Waals surface area contributed by atoms with Crippen molar-refractivity contribution >= 4 is 17.8 Å². The van der Waals surface area contributed by atoms with Crippen molar-refractivity contribution in [2.24, 2.45) is 10.9 Å². The molecule has 1 aromatic carbocycles. The summed E-state index contributed by atoms with van der Waals surface area (Å²) in [6.07, 6.45) is 2.40. The van der Waals surface area contributed by atoms with Gasteiger partial charge in [0.25, 0.3) is 5.91 Å². The van der Waals surface area contributed by atoms with E-state index in [-0.39, 0.29) is 11.7 Å². The highest BCUT2D eigenvalue weighted by Crippen LogP contribution is 2.15. The van der Waals surface area contributed by atoms with Crippen molar-refractivity contribution in [3.63, 3.8) is 0 Å². The molecule has 1 N–H and O–H groups in total. The smallest absolute Gasteiger partial charge is 0.275 e. The fraction of sp³-hybridized carbons (Fsp3) is 0.286. The molecule has 0 fully saturated rings. The SMILES string of the molecule is CC(C)CC1=N/C(=C/c2ccc(F)cc2)C(=O)N1. The molecule has 0 radical (unpaired) electrons. The van der Waals surface area contributed by atoms with Crippen LogP contribution in [0.3, 0.4) is 0 Å². The first-order chi connectivity index (χ1) is 8.54. The lowest BCUT2D eigenvalue weighted by molar-refractivity contribution is -0.115. The van der Waals surface area contributed by atoms with Crippen molar-refractivity contribution in [1.82, 2.24) is 5.32 Å². The van der Waals surface area contributed by atoms with Crippen LogP contribution in [0.5, 0.6) is 0 Å². The fourth-order valence-corrected chi connectivity index (χ4v) is 1.72. The van der Waals surface area contributed by atoms with Crippen LogP contribution in [0.25, 0.3) is 6.08 Å². The van der Waals surface area contributed by atoms with Gasteiger partial charge in [-0.2, -0.15) is 0 Å². The van der Waals surface area contributed by atoms with E-state index >= 15 is 0 Å². The third-order valence-corrected chi connectivity index (χ3v) is 2.52. The Balaban J connectivity index is 2.20. The van der Waals surface area contributed by atoms with Gasteiger partial charge in [0.2, 0.25) is 0 Å². The zero-order chi connectivity index (χ0) is 13.1. The lowest BCUT2D eigenvalue weighted by Crippen LogP contribution is -2.24. The molecule has 1 heterocycles. The molecule has 0 bridgehead atoms. The maximum absolute atomic E-state index is 12.8. The van der Waals surface area contributed by atoms with Gasteiger partial charge in [0.05, 0.1) is 0 Å². The predicted octanol–water partition coefficient (Wildman–Crippen LogP) is 2.74. The summed E-state index contributed by atoms with van der Waals surface area (Å²) >= 11 is 0. The predicted molar refractivity (Wildman–Crippen MR) is 69.4 cm³/mol. The number of aliphatic imine (C=N–C) groups is 1. The number of hydrogen-bond acceptors (Lipinski definition) is 2. The Labute approximate surface area is 105 Å². The molecular formula is C14H15FN2O. The molecule has 4 heteroatoms. The van der Waals surface area contributed by atoms with Gasteiger partial charge < -0.3 is 5.32 Å². The summed E-state index contributed by atoms with van der Waals surface area (Å²) in [5.41, 5.74) is 1.13. The van der Waals surface area contributed by atoms with Gasteiger partial charge in [-0.05, 0) is 29.7 Å². The van der Waals surface area contributed by atoms with Crippen molar-refractivity contribution in [2.75, 3.05) is 0 Å². The van der Waals surface area contributed by atoms with Gasteiger partial charge in [-0.1, -0.05) is 26.0 Å². The Morgan fingerprint density at radius 1 is 1.33 bits per heavy atom. The number of carbonyl (C=O) groups excluding carboxylic acids is 1. The van der Waals surface area contributed by atoms with Crippen LogP contribution in [0.15, 0.2) is 35.0 Å². The van der Waals surface area contributed by atoms with Gasteiger partial charge in [-0.15, -0.1) is 0 Å². The van der Waals surface area contributed by atoms with E-state index in [0.29, 0.717) is 17.5 Å². The van der Waals surface area contributed by atoms with Gasteiger partial charge in [-0.3, -0.25) is 4.79 Å². The highest BCUT2D eigenvalue weighted by Gasteiger charge is 2.20. The molecule has 0 aliphatic carbocycles. The number of carbonyl (C=O) groups is 1. The van der Waals surface area contributed by atoms with Crippen molar-refractivity contribution < 1.29 is 9.18 Å². The molecule has 0 atom stereocenters. The normalized spacial score (nSPS) is 17.2. The third-order valence-electron chi connectivity index (χ3n) is 2.52. The van der Waals surface area contributed by atoms with Gasteiger partial charge in [-0.25, -0.2) is 9.38 Å². The molecule has 1 aliphatic rings. The summed E-state index contributed by atoms with van der Waals surface area (Å²) in [5.74, 6) is 0.643. The molecule has 3 nitrogen and oxygen atoms in total. The highest BCUT2D eigenvalue weighted by molar-refractivity contribution is 6.14. The van der Waals surface area contributed by atoms with E-state index in [1.807, 2.05) is 0 Å². The van der Waals surface area contributed by atoms with Gasteiger partial charge >= 0.3 is 0 Å². The van der Waals surface area contributed by atoms with Gasteiger partial charge in [0, 0.05) is 6.42 Å². The van der Waals surface area contributed by atoms with E-state index in [2.05, 4.69) is 24.2 Å². The number of halogens is 1. The van der Waals surface area contributed by atoms with E-state index < -0.39 is 0 Å². The van der Waals surface area contributed by atoms with Crippen LogP contribution >= 0.6 is 0 Å². The molecule has 94 valence electrons. The minimum Gasteiger partial charge on any atom is -0.309 e. The molecule has 0 saturated carbocycles. The highest BCUT2D eigenvalue weighted by atomic mass is 19.1. The average Bonchev–Trinajstić information content (AvgIpc) is 2.61. The molecule has 1 amide bonds. The average molecular weight is 246 g/mol. The quantitative estimate of drug-likeness (QED) is 0.819. The fourth-order valence-electron chi connectivity index (χ4n) is 1.72. The Kier molecular flexibility index (Phi) is 3.55. The molecule has 0 unspecified atom stereocenters. The van der Waals surface area contributed by atoms with Crippen LogP contribution in [0.4, 0.5) is 4.39 Å². The lowest BCUT2D eigenvalue weighted by Gasteiger charge is -2.02. The van der Waals surface area contributed by atoms with Crippen LogP contribution in [0.1, 0.15) is 25.8 Å². The number of hydrogen-bond donors (Lipinski definition) is 1. The van der Waals surface area contributed by atoms with Crippen LogP contribution in [-0.2, 0) is 4.79 Å². The summed E-state index contributed by atoms with van der Waals surface area (Å²) < 4.78 is 12.8. The zero-order valence-corrected chi connectivity index (χ0v) is 10.4. The Bertz CT molecular complexity index is 515. The molecule has 0 spiro atoms. The Hall–Kier alpha value is -1.97. The van der Waals surface area contributed by atoms with Crippen LogP contribution in [0, 0.1) is 11.7 Å². The molecule has 0 aromatic heterocycles. The maximum Gasteiger partial charge on any atom is 0.275 e. The molecule has 18 heavy (non-hydrogen) atoms. The number of benzene rings is 1. The first-order valence-corrected chi connectivity index (χ1v) is 5.91. The minimum absolute atomic E-state index is 0.199. The third kappa shape index (κ3) is 3.03. The summed E-state index contributed by atoms with van der Waals surface area (Å²) in [4.78, 5) is 15.9. The van der Waals surface area contributed by atoms with E-state index in [1.165, 1.54) is 12.1 Å². The minimum atomic E-state index is -0.294. The van der Waals surface area contributed by atoms with E-state index in [9.17, 15) is 9.18 Å². The van der Waals surface area contributed by atoms with E-state index in [0.717, 1.165) is 12.0 Å². The van der Waals surface area contributed by atoms with Gasteiger partial charge in [0.1, 0.15) is 17.3 Å². The summed E-state index contributed by atoms with van der Waals surface area (Å²) in [6.45, 7) is 4.13. The van der Waals surface area contributed by atoms with Crippen molar-refractivity contribution in [1.29, 1.82) is 0 Å². The second-order valence-electron chi connectivity index (χ2n) is 4.69. The molecule has 1 aliphatic heterocycles. The Morgan fingerprint density at radius 3 is 2.61 bits per heavy atom. The number of rotatable bonds is 3. The first kappa shape index (κ1) is 12.5. The van der Waals surface area contributed by atoms with E-state index in [1.54, 1.807) is 18.2 Å². The van der Waals surface area contributed by atoms with Crippen molar-refractivity contribution in [2.45, 2.75) is 20.3 Å². The second kappa shape index (κ2) is 5.12. The summed E-state index contributed by atoms with van der Waals surface area (Å²) in [5, 5.41) is 2.74. The van der Waals surface area contributed by atoms with Crippen molar-refractivity contribution in [3.8, 4) is 0 Å². The molecule has 2 rings (SSSR count). The maximum atomic E-state index is 12.8. The van der Waals surface area contributed by atoms with Gasteiger partial charge in [0.15, 0.2) is 0 Å². The lowest BCUT2D eigenvalue weighted by atomic mass is 10.1. The molecule has 1 aromatic rings. The molecule has 0 saturated heterocycles. The second-order valence-corrected chi connectivity index (χ2v) is 4.69. The largest absolute Gasteiger partial charge is 0.309 e.